The largest absolute Gasteiger partial charge is 0.327 e. The van der Waals surface area contributed by atoms with Crippen LogP contribution < -0.4 is 5.73 Å². The van der Waals surface area contributed by atoms with Gasteiger partial charge in [-0.1, -0.05) is 6.92 Å². The molecule has 1 fully saturated rings. The van der Waals surface area contributed by atoms with Crippen LogP contribution in [-0.2, 0) is 13.1 Å². The number of rotatable bonds is 3. The Labute approximate surface area is 97.4 Å². The molecule has 0 aliphatic carbocycles. The van der Waals surface area contributed by atoms with Gasteiger partial charge in [-0.15, -0.1) is 0 Å². The monoisotopic (exact) mass is 222 g/mol. The van der Waals surface area contributed by atoms with Crippen molar-refractivity contribution in [1.29, 1.82) is 0 Å². The van der Waals surface area contributed by atoms with E-state index in [1.165, 1.54) is 5.56 Å². The first-order chi connectivity index (χ1) is 7.67. The zero-order valence-electron chi connectivity index (χ0n) is 10.3. The Kier molecular flexibility index (Phi) is 3.61. The van der Waals surface area contributed by atoms with E-state index in [-0.39, 0.29) is 0 Å². The molecule has 4 nitrogen and oxygen atoms in total. The highest BCUT2D eigenvalue weighted by Gasteiger charge is 2.22. The lowest BCUT2D eigenvalue weighted by Crippen LogP contribution is -2.45. The van der Waals surface area contributed by atoms with Crippen molar-refractivity contribution < 1.29 is 0 Å². The molecule has 0 spiro atoms. The minimum atomic E-state index is 0.338. The van der Waals surface area contributed by atoms with Crippen LogP contribution in [-0.4, -0.2) is 33.8 Å². The highest BCUT2D eigenvalue weighted by molar-refractivity contribution is 5.04. The third-order valence-electron chi connectivity index (χ3n) is 3.18. The summed E-state index contributed by atoms with van der Waals surface area (Å²) in [5.74, 6) is 0.713. The first-order valence-corrected chi connectivity index (χ1v) is 6.16. The molecule has 0 aromatic carbocycles. The predicted molar refractivity (Wildman–Crippen MR) is 64.9 cm³/mol. The van der Waals surface area contributed by atoms with Gasteiger partial charge in [0.05, 0.1) is 6.20 Å². The lowest BCUT2D eigenvalue weighted by atomic mass is 9.96. The van der Waals surface area contributed by atoms with Gasteiger partial charge in [-0.05, 0) is 19.3 Å². The molecular weight excluding hydrogens is 200 g/mol. The Morgan fingerprint density at radius 2 is 2.31 bits per heavy atom. The van der Waals surface area contributed by atoms with E-state index < -0.39 is 0 Å². The van der Waals surface area contributed by atoms with Gasteiger partial charge in [0.1, 0.15) is 0 Å². The summed E-state index contributed by atoms with van der Waals surface area (Å²) in [6, 6.07) is 0.338. The molecule has 0 amide bonds. The minimum Gasteiger partial charge on any atom is -0.327 e. The summed E-state index contributed by atoms with van der Waals surface area (Å²) in [4.78, 5) is 2.44. The normalized spacial score (nSPS) is 27.2. The number of aromatic nitrogens is 2. The molecule has 0 bridgehead atoms. The van der Waals surface area contributed by atoms with Crippen molar-refractivity contribution >= 4 is 0 Å². The number of hydrogen-bond donors (Lipinski definition) is 1. The smallest absolute Gasteiger partial charge is 0.0534 e. The van der Waals surface area contributed by atoms with E-state index in [0.717, 1.165) is 32.6 Å². The third kappa shape index (κ3) is 2.83. The highest BCUT2D eigenvalue weighted by Crippen LogP contribution is 2.17. The van der Waals surface area contributed by atoms with E-state index in [1.54, 1.807) is 0 Å². The molecule has 2 unspecified atom stereocenters. The summed E-state index contributed by atoms with van der Waals surface area (Å²) in [7, 11) is 0. The fraction of sp³-hybridized carbons (Fsp3) is 0.750. The zero-order valence-corrected chi connectivity index (χ0v) is 10.3. The molecule has 2 rings (SSSR count). The number of nitrogens with zero attached hydrogens (tertiary/aromatic N) is 3. The Balaban J connectivity index is 1.93. The van der Waals surface area contributed by atoms with Crippen molar-refractivity contribution in [2.75, 3.05) is 13.1 Å². The molecule has 1 saturated heterocycles. The van der Waals surface area contributed by atoms with Gasteiger partial charge >= 0.3 is 0 Å². The molecule has 2 atom stereocenters. The van der Waals surface area contributed by atoms with E-state index in [4.69, 9.17) is 5.73 Å². The van der Waals surface area contributed by atoms with E-state index in [0.29, 0.717) is 12.0 Å². The molecule has 2 heterocycles. The second kappa shape index (κ2) is 4.97. The van der Waals surface area contributed by atoms with Crippen molar-refractivity contribution in [2.45, 2.75) is 39.4 Å². The quantitative estimate of drug-likeness (QED) is 0.832. The summed E-state index contributed by atoms with van der Waals surface area (Å²) >= 11 is 0. The van der Waals surface area contributed by atoms with Crippen molar-refractivity contribution in [3.05, 3.63) is 18.0 Å². The first kappa shape index (κ1) is 11.6. The maximum Gasteiger partial charge on any atom is 0.0534 e. The van der Waals surface area contributed by atoms with Gasteiger partial charge in [-0.2, -0.15) is 5.10 Å². The molecule has 16 heavy (non-hydrogen) atoms. The molecule has 1 aliphatic rings. The fourth-order valence-corrected chi connectivity index (χ4v) is 2.56. The van der Waals surface area contributed by atoms with Crippen molar-refractivity contribution in [3.63, 3.8) is 0 Å². The number of piperidine rings is 1. The molecule has 0 radical (unpaired) electrons. The maximum atomic E-state index is 6.04. The van der Waals surface area contributed by atoms with Gasteiger partial charge < -0.3 is 5.73 Å². The van der Waals surface area contributed by atoms with Crippen LogP contribution in [0.3, 0.4) is 0 Å². The Morgan fingerprint density at radius 3 is 2.94 bits per heavy atom. The average molecular weight is 222 g/mol. The summed E-state index contributed by atoms with van der Waals surface area (Å²) in [5.41, 5.74) is 7.33. The number of likely N-dealkylation sites (tertiary alicyclic amines) is 1. The number of nitrogens with two attached hydrogens (primary N) is 1. The third-order valence-corrected chi connectivity index (χ3v) is 3.18. The van der Waals surface area contributed by atoms with Gasteiger partial charge in [0.2, 0.25) is 0 Å². The molecular formula is C12H22N4. The maximum absolute atomic E-state index is 6.04. The van der Waals surface area contributed by atoms with Crippen LogP contribution >= 0.6 is 0 Å². The summed E-state index contributed by atoms with van der Waals surface area (Å²) in [5, 5.41) is 4.30. The van der Waals surface area contributed by atoms with Crippen LogP contribution in [0.4, 0.5) is 0 Å². The van der Waals surface area contributed by atoms with Crippen LogP contribution in [0.1, 0.15) is 25.8 Å². The second-order valence-electron chi connectivity index (χ2n) is 5.00. The van der Waals surface area contributed by atoms with Crippen molar-refractivity contribution in [2.24, 2.45) is 11.7 Å². The van der Waals surface area contributed by atoms with Crippen LogP contribution in [0.25, 0.3) is 0 Å². The Hall–Kier alpha value is -0.870. The predicted octanol–water partition coefficient (Wildman–Crippen LogP) is 1.07. The van der Waals surface area contributed by atoms with Gasteiger partial charge in [0.15, 0.2) is 0 Å². The first-order valence-electron chi connectivity index (χ1n) is 6.16. The van der Waals surface area contributed by atoms with E-state index in [1.807, 2.05) is 10.9 Å². The lowest BCUT2D eigenvalue weighted by Gasteiger charge is -2.34. The highest BCUT2D eigenvalue weighted by atomic mass is 15.3. The summed E-state index contributed by atoms with van der Waals surface area (Å²) in [6.07, 6.45) is 5.25. The SMILES string of the molecule is CCn1cc(CN2CC(C)CC(N)C2)cn1. The fourth-order valence-electron chi connectivity index (χ4n) is 2.56. The topological polar surface area (TPSA) is 47.1 Å². The van der Waals surface area contributed by atoms with E-state index >= 15 is 0 Å². The van der Waals surface area contributed by atoms with Gasteiger partial charge in [0.25, 0.3) is 0 Å². The van der Waals surface area contributed by atoms with Gasteiger partial charge in [-0.3, -0.25) is 9.58 Å². The second-order valence-corrected chi connectivity index (χ2v) is 5.00. The zero-order chi connectivity index (χ0) is 11.5. The Bertz CT molecular complexity index is 324. The van der Waals surface area contributed by atoms with Gasteiger partial charge in [0, 0.05) is 44.0 Å². The summed E-state index contributed by atoms with van der Waals surface area (Å²) in [6.45, 7) is 8.48. The van der Waals surface area contributed by atoms with Crippen LogP contribution in [0, 0.1) is 5.92 Å². The number of aryl methyl sites for hydroxylation is 1. The Morgan fingerprint density at radius 1 is 1.50 bits per heavy atom. The average Bonchev–Trinajstić information content (AvgIpc) is 2.64. The van der Waals surface area contributed by atoms with Crippen LogP contribution in [0.2, 0.25) is 0 Å². The molecule has 90 valence electrons. The molecule has 0 saturated carbocycles. The van der Waals surface area contributed by atoms with E-state index in [2.05, 4.69) is 30.0 Å². The lowest BCUT2D eigenvalue weighted by molar-refractivity contribution is 0.158. The van der Waals surface area contributed by atoms with Crippen molar-refractivity contribution in [3.8, 4) is 0 Å². The molecule has 2 N–H and O–H groups in total. The minimum absolute atomic E-state index is 0.338. The van der Waals surface area contributed by atoms with E-state index in [9.17, 15) is 0 Å². The van der Waals surface area contributed by atoms with Gasteiger partial charge in [-0.25, -0.2) is 0 Å². The molecule has 1 aromatic heterocycles. The summed E-state index contributed by atoms with van der Waals surface area (Å²) < 4.78 is 1.97. The molecule has 1 aromatic rings. The van der Waals surface area contributed by atoms with Crippen molar-refractivity contribution in [1.82, 2.24) is 14.7 Å². The number of hydrogen-bond acceptors (Lipinski definition) is 3. The van der Waals surface area contributed by atoms with Crippen LogP contribution in [0.15, 0.2) is 12.4 Å². The molecule has 4 heteroatoms. The van der Waals surface area contributed by atoms with Crippen LogP contribution in [0.5, 0.6) is 0 Å². The standard InChI is InChI=1S/C12H22N4/c1-3-16-8-11(5-14-16)7-15-6-10(2)4-12(13)9-15/h5,8,10,12H,3-4,6-7,9,13H2,1-2H3. The molecule has 1 aliphatic heterocycles.